The summed E-state index contributed by atoms with van der Waals surface area (Å²) in [7, 11) is 6.05. The van der Waals surface area contributed by atoms with E-state index in [2.05, 4.69) is 20.8 Å². The van der Waals surface area contributed by atoms with Gasteiger partial charge in [0.1, 0.15) is 11.5 Å². The van der Waals surface area contributed by atoms with Crippen molar-refractivity contribution in [3.63, 3.8) is 0 Å². The van der Waals surface area contributed by atoms with Gasteiger partial charge in [0.15, 0.2) is 0 Å². The predicted molar refractivity (Wildman–Crippen MR) is 177 cm³/mol. The lowest BCUT2D eigenvalue weighted by atomic mass is 9.94. The van der Waals surface area contributed by atoms with Crippen molar-refractivity contribution in [3.05, 3.63) is 95.6 Å². The van der Waals surface area contributed by atoms with Crippen LogP contribution in [0.25, 0.3) is 22.3 Å². The van der Waals surface area contributed by atoms with E-state index >= 15 is 0 Å². The summed E-state index contributed by atoms with van der Waals surface area (Å²) in [5.74, 6) is 1.09. The summed E-state index contributed by atoms with van der Waals surface area (Å²) in [5.41, 5.74) is 14.0. The molecule has 2 heterocycles. The minimum Gasteiger partial charge on any atom is -0.496 e. The van der Waals surface area contributed by atoms with E-state index in [0.29, 0.717) is 6.42 Å². The second kappa shape index (κ2) is 17.5. The number of hydrogen-bond acceptors (Lipinski definition) is 9. The fourth-order valence-corrected chi connectivity index (χ4v) is 4.85. The highest BCUT2D eigenvalue weighted by molar-refractivity contribution is 5.75. The Kier molecular flexibility index (Phi) is 14.2. The van der Waals surface area contributed by atoms with Gasteiger partial charge in [-0.05, 0) is 66.3 Å². The van der Waals surface area contributed by atoms with Crippen LogP contribution in [0.4, 0.5) is 0 Å². The topological polar surface area (TPSA) is 123 Å². The van der Waals surface area contributed by atoms with Gasteiger partial charge >= 0.3 is 11.9 Å². The number of methoxy groups -OCH3 is 4. The van der Waals surface area contributed by atoms with Crippen LogP contribution in [0.15, 0.2) is 73.3 Å². The number of ether oxygens (including phenoxy) is 4. The van der Waals surface area contributed by atoms with Crippen molar-refractivity contribution >= 4 is 11.9 Å². The van der Waals surface area contributed by atoms with Gasteiger partial charge in [0.2, 0.25) is 0 Å². The first-order chi connectivity index (χ1) is 21.1. The van der Waals surface area contributed by atoms with Crippen LogP contribution in [0.5, 0.6) is 11.5 Å². The Morgan fingerprint density at radius 1 is 0.711 bits per heavy atom. The molecule has 0 bridgehead atoms. The number of benzene rings is 2. The Bertz CT molecular complexity index is 1460. The normalized spacial score (nSPS) is 11.6. The maximum absolute atomic E-state index is 11.4. The molecule has 0 fully saturated rings. The monoisotopic (exact) mass is 615 g/mol. The number of rotatable bonds is 10. The Balaban J connectivity index is 0.000000307. The minimum atomic E-state index is -0.449. The van der Waals surface area contributed by atoms with E-state index in [1.54, 1.807) is 32.8 Å². The molecule has 0 saturated carbocycles. The average molecular weight is 616 g/mol. The summed E-state index contributed by atoms with van der Waals surface area (Å²) in [6, 6.07) is 15.4. The quantitative estimate of drug-likeness (QED) is 0.188. The van der Waals surface area contributed by atoms with Gasteiger partial charge in [0, 0.05) is 53.1 Å². The lowest BCUT2D eigenvalue weighted by Gasteiger charge is -2.14. The molecule has 0 aliphatic heterocycles. The molecule has 2 aromatic heterocycles. The van der Waals surface area contributed by atoms with Crippen molar-refractivity contribution in [3.8, 4) is 33.8 Å². The van der Waals surface area contributed by atoms with Crippen molar-refractivity contribution in [2.75, 3.05) is 28.4 Å². The fraction of sp³-hybridized carbons (Fsp3) is 0.333. The molecule has 4 aromatic rings. The zero-order chi connectivity index (χ0) is 32.2. The van der Waals surface area contributed by atoms with E-state index < -0.39 is 6.04 Å². The minimum absolute atomic E-state index is 0. The van der Waals surface area contributed by atoms with Gasteiger partial charge in [-0.25, -0.2) is 0 Å². The Labute approximate surface area is 266 Å². The van der Waals surface area contributed by atoms with E-state index in [9.17, 15) is 9.59 Å². The molecule has 9 heteroatoms. The number of esters is 2. The van der Waals surface area contributed by atoms with Crippen LogP contribution in [0.2, 0.25) is 0 Å². The van der Waals surface area contributed by atoms with Crippen LogP contribution in [0.1, 0.15) is 61.4 Å². The molecule has 0 aliphatic carbocycles. The second-order valence-corrected chi connectivity index (χ2v) is 10.4. The Morgan fingerprint density at radius 2 is 1.16 bits per heavy atom. The lowest BCUT2D eigenvalue weighted by molar-refractivity contribution is -0.141. The molecule has 4 rings (SSSR count). The molecule has 45 heavy (non-hydrogen) atoms. The molecule has 2 N–H and O–H groups in total. The molecule has 9 nitrogen and oxygen atoms in total. The largest absolute Gasteiger partial charge is 0.496 e. The van der Waals surface area contributed by atoms with Crippen LogP contribution in [0, 0.1) is 13.8 Å². The third-order valence-corrected chi connectivity index (χ3v) is 7.32. The molecular weight excluding hydrogens is 570 g/mol. The standard InChI is InChI=1S/C18H21NO3.C17H20N2O3.CH4/c1-12-6-5-7-16(21-3)18(12)15-9-14(10-19-11-15)13(2)8-17(20)22-4;1-11-5-4-6-15(21-2)17(11)13-7-12(9-19-10-13)14(18)8-16(20)22-3;/h5-7,9-11,13H,8H2,1-4H3;4-7,9-10,14H,8,18H2,1-3H3;1H4/t13-;14-;/m00./s1. The molecule has 2 atom stereocenters. The van der Waals surface area contributed by atoms with Crippen LogP contribution in [-0.4, -0.2) is 50.3 Å². The van der Waals surface area contributed by atoms with Gasteiger partial charge in [-0.1, -0.05) is 38.6 Å². The molecule has 2 aromatic carbocycles. The molecule has 0 saturated heterocycles. The lowest BCUT2D eigenvalue weighted by Crippen LogP contribution is -2.16. The van der Waals surface area contributed by atoms with Gasteiger partial charge in [0.25, 0.3) is 0 Å². The zero-order valence-corrected chi connectivity index (χ0v) is 26.4. The van der Waals surface area contributed by atoms with E-state index in [1.807, 2.05) is 69.4 Å². The van der Waals surface area contributed by atoms with E-state index in [0.717, 1.165) is 56.0 Å². The third-order valence-electron chi connectivity index (χ3n) is 7.32. The maximum Gasteiger partial charge on any atom is 0.307 e. The number of aromatic nitrogens is 2. The van der Waals surface area contributed by atoms with Crippen LogP contribution >= 0.6 is 0 Å². The van der Waals surface area contributed by atoms with Gasteiger partial charge in [0.05, 0.1) is 41.3 Å². The van der Waals surface area contributed by atoms with Crippen LogP contribution in [0.3, 0.4) is 0 Å². The fourth-order valence-electron chi connectivity index (χ4n) is 4.85. The molecule has 0 spiro atoms. The van der Waals surface area contributed by atoms with Gasteiger partial charge in [-0.3, -0.25) is 19.6 Å². The Hall–Kier alpha value is -4.76. The number of hydrogen-bond donors (Lipinski definition) is 1. The predicted octanol–water partition coefficient (Wildman–Crippen LogP) is 7.00. The molecule has 0 radical (unpaired) electrons. The second-order valence-electron chi connectivity index (χ2n) is 10.4. The number of carbonyl (C=O) groups is 2. The van der Waals surface area contributed by atoms with Gasteiger partial charge in [-0.2, -0.15) is 0 Å². The first-order valence-electron chi connectivity index (χ1n) is 14.2. The van der Waals surface area contributed by atoms with Gasteiger partial charge in [-0.15, -0.1) is 0 Å². The highest BCUT2D eigenvalue weighted by Crippen LogP contribution is 2.35. The smallest absolute Gasteiger partial charge is 0.307 e. The summed E-state index contributed by atoms with van der Waals surface area (Å²) >= 11 is 0. The summed E-state index contributed by atoms with van der Waals surface area (Å²) in [6.45, 7) is 6.05. The number of carbonyl (C=O) groups excluding carboxylic acids is 2. The summed E-state index contributed by atoms with van der Waals surface area (Å²) < 4.78 is 20.3. The van der Waals surface area contributed by atoms with E-state index in [-0.39, 0.29) is 31.7 Å². The maximum atomic E-state index is 11.4. The zero-order valence-electron chi connectivity index (χ0n) is 26.4. The number of nitrogens with two attached hydrogens (primary N) is 1. The summed E-state index contributed by atoms with van der Waals surface area (Å²) in [4.78, 5) is 31.4. The first-order valence-corrected chi connectivity index (χ1v) is 14.2. The van der Waals surface area contributed by atoms with Crippen molar-refractivity contribution in [2.24, 2.45) is 5.73 Å². The summed E-state index contributed by atoms with van der Waals surface area (Å²) in [6.07, 6.45) is 7.50. The summed E-state index contributed by atoms with van der Waals surface area (Å²) in [5, 5.41) is 0. The SMILES string of the molecule is C.COC(=O)C[C@H](C)c1cncc(-c2c(C)cccc2OC)c1.COC(=O)C[C@H](N)c1cncc(-c2c(C)cccc2OC)c1. The molecule has 0 unspecified atom stereocenters. The van der Waals surface area contributed by atoms with Crippen LogP contribution in [-0.2, 0) is 19.1 Å². The molecule has 0 aliphatic rings. The highest BCUT2D eigenvalue weighted by atomic mass is 16.5. The number of aryl methyl sites for hydroxylation is 2. The van der Waals surface area contributed by atoms with Crippen molar-refractivity contribution in [1.29, 1.82) is 0 Å². The van der Waals surface area contributed by atoms with Crippen molar-refractivity contribution < 1.29 is 28.5 Å². The number of nitrogens with zero attached hydrogens (tertiary/aromatic N) is 2. The van der Waals surface area contributed by atoms with Crippen molar-refractivity contribution in [2.45, 2.75) is 53.0 Å². The molecule has 0 amide bonds. The first kappa shape index (κ1) is 36.4. The van der Waals surface area contributed by atoms with E-state index in [1.165, 1.54) is 14.2 Å². The number of pyridine rings is 2. The highest BCUT2D eigenvalue weighted by Gasteiger charge is 2.16. The van der Waals surface area contributed by atoms with Gasteiger partial charge < -0.3 is 24.7 Å². The molecular formula is C36H45N3O6. The van der Waals surface area contributed by atoms with Crippen LogP contribution < -0.4 is 15.2 Å². The van der Waals surface area contributed by atoms with Crippen molar-refractivity contribution in [1.82, 2.24) is 9.97 Å². The Morgan fingerprint density at radius 3 is 1.62 bits per heavy atom. The average Bonchev–Trinajstić information content (AvgIpc) is 3.04. The molecule has 240 valence electrons. The van der Waals surface area contributed by atoms with E-state index in [4.69, 9.17) is 19.9 Å². The third kappa shape index (κ3) is 9.61.